The van der Waals surface area contributed by atoms with Gasteiger partial charge in [-0.15, -0.1) is 0 Å². The number of aliphatic carboxylic acids is 3. The lowest BCUT2D eigenvalue weighted by Crippen LogP contribution is -2.60. The summed E-state index contributed by atoms with van der Waals surface area (Å²) >= 11 is 0. The van der Waals surface area contributed by atoms with Crippen LogP contribution in [0.3, 0.4) is 0 Å². The van der Waals surface area contributed by atoms with Crippen molar-refractivity contribution in [1.29, 1.82) is 0 Å². The van der Waals surface area contributed by atoms with E-state index in [1.807, 2.05) is 0 Å². The zero-order valence-corrected chi connectivity index (χ0v) is 20.1. The molecule has 210 valence electrons. The third-order valence-electron chi connectivity index (χ3n) is 6.64. The van der Waals surface area contributed by atoms with Gasteiger partial charge in [0.15, 0.2) is 17.7 Å². The first-order valence-electron chi connectivity index (χ1n) is 11.7. The molecule has 0 radical (unpaired) electrons. The van der Waals surface area contributed by atoms with E-state index >= 15 is 0 Å². The summed E-state index contributed by atoms with van der Waals surface area (Å²) in [6, 6.07) is 0.177. The number of hydrogen-bond acceptors (Lipinski definition) is 11. The van der Waals surface area contributed by atoms with Crippen LogP contribution in [0.5, 0.6) is 11.5 Å². The molecular formula is C24H27N2O13+. The molecule has 0 amide bonds. The number of carbonyl (C=O) groups is 3. The first-order valence-corrected chi connectivity index (χ1v) is 11.7. The Morgan fingerprint density at radius 2 is 1.77 bits per heavy atom. The number of carboxylic acid groups (broad SMARTS) is 3. The number of aromatic hydroxyl groups is 1. The van der Waals surface area contributed by atoms with E-state index in [1.54, 1.807) is 0 Å². The smallest absolute Gasteiger partial charge is 0.373 e. The topological polar surface area (TPSA) is 247 Å². The van der Waals surface area contributed by atoms with E-state index in [4.69, 9.17) is 9.47 Å². The van der Waals surface area contributed by atoms with Crippen molar-refractivity contribution in [2.75, 3.05) is 6.61 Å². The number of carboxylic acids is 3. The van der Waals surface area contributed by atoms with Crippen molar-refractivity contribution in [2.24, 2.45) is 0 Å². The van der Waals surface area contributed by atoms with Crippen molar-refractivity contribution in [3.05, 3.63) is 41.1 Å². The molecule has 1 fully saturated rings. The summed E-state index contributed by atoms with van der Waals surface area (Å²) in [7, 11) is 0. The molecule has 0 unspecified atom stereocenters. The van der Waals surface area contributed by atoms with Gasteiger partial charge in [-0.05, 0) is 17.7 Å². The summed E-state index contributed by atoms with van der Waals surface area (Å²) in [5, 5.41) is 80.9. The number of ether oxygens (including phenoxy) is 2. The fourth-order valence-corrected chi connectivity index (χ4v) is 4.58. The number of allylic oxidation sites excluding steroid dienone is 2. The highest BCUT2D eigenvalue weighted by Gasteiger charge is 2.46. The van der Waals surface area contributed by atoms with Gasteiger partial charge >= 0.3 is 17.9 Å². The molecule has 0 bridgehead atoms. The Bertz CT molecular complexity index is 1270. The van der Waals surface area contributed by atoms with Crippen molar-refractivity contribution in [2.45, 2.75) is 55.6 Å². The van der Waals surface area contributed by atoms with E-state index in [9.17, 15) is 55.2 Å². The van der Waals surface area contributed by atoms with Gasteiger partial charge in [-0.1, -0.05) is 0 Å². The molecule has 3 aliphatic rings. The zero-order valence-electron chi connectivity index (χ0n) is 20.1. The molecule has 0 aromatic heterocycles. The number of hydrogen-bond donors (Lipinski definition) is 9. The number of nitrogens with zero attached hydrogens (tertiary/aromatic N) is 1. The van der Waals surface area contributed by atoms with Crippen LogP contribution in [-0.4, -0.2) is 119 Å². The van der Waals surface area contributed by atoms with Crippen LogP contribution in [0.1, 0.15) is 12.0 Å². The van der Waals surface area contributed by atoms with E-state index in [-0.39, 0.29) is 30.0 Å². The molecule has 15 nitrogen and oxygen atoms in total. The van der Waals surface area contributed by atoms with Gasteiger partial charge in [0.25, 0.3) is 6.04 Å². The molecule has 39 heavy (non-hydrogen) atoms. The van der Waals surface area contributed by atoms with E-state index < -0.39 is 73.1 Å². The van der Waals surface area contributed by atoms with Crippen LogP contribution < -0.4 is 10.1 Å². The highest BCUT2D eigenvalue weighted by Crippen LogP contribution is 2.40. The second kappa shape index (κ2) is 11.0. The molecule has 3 heterocycles. The van der Waals surface area contributed by atoms with E-state index in [0.717, 1.165) is 0 Å². The van der Waals surface area contributed by atoms with Crippen LogP contribution in [-0.2, 0) is 25.5 Å². The molecule has 1 aromatic carbocycles. The fourth-order valence-electron chi connectivity index (χ4n) is 4.58. The lowest BCUT2D eigenvalue weighted by Gasteiger charge is -2.39. The minimum absolute atomic E-state index is 0.0504. The molecule has 0 spiro atoms. The van der Waals surface area contributed by atoms with Crippen molar-refractivity contribution < 1.29 is 69.3 Å². The number of fused-ring (bicyclic) bond motifs is 1. The zero-order chi connectivity index (χ0) is 28.6. The highest BCUT2D eigenvalue weighted by molar-refractivity contribution is 5.89. The minimum atomic E-state index is -1.73. The van der Waals surface area contributed by atoms with Crippen LogP contribution in [0.4, 0.5) is 5.69 Å². The van der Waals surface area contributed by atoms with Gasteiger partial charge in [-0.3, -0.25) is 0 Å². The molecule has 1 aromatic rings. The maximum Gasteiger partial charge on any atom is 0.373 e. The Kier molecular flexibility index (Phi) is 7.89. The monoisotopic (exact) mass is 551 g/mol. The molecule has 7 atom stereocenters. The normalized spacial score (nSPS) is 32.3. The minimum Gasteiger partial charge on any atom is -0.504 e. The SMILES string of the molecule is O=C(O)C1=C/C(=C\C=[N+]2c3cc(O)c(O[C@@H]4O[C@H](CO)[C@@H](O)[C@H](O)[C@H]4O)cc3C[C@@H]2C(=O)O)C[C@@H](C(=O)O)N1. The van der Waals surface area contributed by atoms with Gasteiger partial charge in [0.1, 0.15) is 36.2 Å². The Hall–Kier alpha value is -4.02. The summed E-state index contributed by atoms with van der Waals surface area (Å²) in [5.74, 6) is -4.55. The highest BCUT2D eigenvalue weighted by atomic mass is 16.7. The lowest BCUT2D eigenvalue weighted by molar-refractivity contribution is -0.456. The van der Waals surface area contributed by atoms with Gasteiger partial charge in [0.2, 0.25) is 12.0 Å². The number of benzene rings is 1. The predicted octanol–water partition coefficient (Wildman–Crippen LogP) is -2.36. The van der Waals surface area contributed by atoms with Crippen LogP contribution in [0, 0.1) is 0 Å². The standard InChI is InChI=1S/C24H26N2O13/c27-8-17-18(29)19(30)20(31)24(39-17)38-16-6-10-5-14(23(36)37)26(13(10)7-15(16)28)2-1-9-3-11(21(32)33)25-12(4-9)22(34)35/h1-3,6-7,12,14,17-20,24,27,29-31H,4-5,8H2,(H4,28,32,33,34,35,36,37)/p+1/t12-,14+,17+,18+,19-,20+,24+/m0/s1. The van der Waals surface area contributed by atoms with Gasteiger partial charge in [-0.2, -0.15) is 4.58 Å². The number of nitrogens with one attached hydrogen (secondary N) is 1. The van der Waals surface area contributed by atoms with Gasteiger partial charge in [0.05, 0.1) is 19.1 Å². The second-order valence-electron chi connectivity index (χ2n) is 9.22. The Morgan fingerprint density at radius 3 is 2.38 bits per heavy atom. The third-order valence-corrected chi connectivity index (χ3v) is 6.64. The summed E-state index contributed by atoms with van der Waals surface area (Å²) in [4.78, 5) is 34.8. The Balaban J connectivity index is 1.66. The molecule has 4 rings (SSSR count). The average molecular weight is 551 g/mol. The van der Waals surface area contributed by atoms with Gasteiger partial charge in [-0.25, -0.2) is 14.4 Å². The molecule has 1 saturated heterocycles. The molecule has 0 aliphatic carbocycles. The maximum atomic E-state index is 12.0. The summed E-state index contributed by atoms with van der Waals surface area (Å²) in [6.07, 6.45) is -4.03. The van der Waals surface area contributed by atoms with Gasteiger partial charge in [0, 0.05) is 18.1 Å². The lowest BCUT2D eigenvalue weighted by atomic mass is 9.99. The Morgan fingerprint density at radius 1 is 1.05 bits per heavy atom. The number of phenolic OH excluding ortho intramolecular Hbond substituents is 1. The number of aliphatic hydroxyl groups excluding tert-OH is 4. The van der Waals surface area contributed by atoms with E-state index in [0.29, 0.717) is 11.1 Å². The number of phenols is 1. The Labute approximate surface area is 219 Å². The van der Waals surface area contributed by atoms with Crippen LogP contribution in [0.25, 0.3) is 0 Å². The van der Waals surface area contributed by atoms with Gasteiger partial charge < -0.3 is 55.6 Å². The largest absolute Gasteiger partial charge is 0.504 e. The molecular weight excluding hydrogens is 524 g/mol. The van der Waals surface area contributed by atoms with E-state index in [2.05, 4.69) is 5.32 Å². The number of rotatable bonds is 7. The van der Waals surface area contributed by atoms with Crippen LogP contribution in [0.2, 0.25) is 0 Å². The first kappa shape index (κ1) is 28.0. The average Bonchev–Trinajstić information content (AvgIpc) is 3.24. The summed E-state index contributed by atoms with van der Waals surface area (Å²) in [6.45, 7) is -0.687. The van der Waals surface area contributed by atoms with Crippen LogP contribution in [0.15, 0.2) is 35.6 Å². The summed E-state index contributed by atoms with van der Waals surface area (Å²) < 4.78 is 12.1. The predicted molar refractivity (Wildman–Crippen MR) is 127 cm³/mol. The second-order valence-corrected chi connectivity index (χ2v) is 9.22. The molecule has 15 heteroatoms. The summed E-state index contributed by atoms with van der Waals surface area (Å²) in [5.41, 5.74) is 0.648. The van der Waals surface area contributed by atoms with E-state index in [1.165, 1.54) is 35.1 Å². The number of aliphatic hydroxyl groups is 4. The molecule has 9 N–H and O–H groups in total. The quantitative estimate of drug-likeness (QED) is 0.161. The van der Waals surface area contributed by atoms with Crippen molar-refractivity contribution in [3.63, 3.8) is 0 Å². The first-order chi connectivity index (χ1) is 18.4. The fraction of sp³-hybridized carbons (Fsp3) is 0.417. The maximum absolute atomic E-state index is 12.0. The van der Waals surface area contributed by atoms with Crippen LogP contribution >= 0.6 is 0 Å². The third kappa shape index (κ3) is 5.57. The van der Waals surface area contributed by atoms with Crippen molar-refractivity contribution >= 4 is 29.8 Å². The molecule has 3 aliphatic heterocycles. The van der Waals surface area contributed by atoms with Crippen molar-refractivity contribution in [1.82, 2.24) is 5.32 Å². The van der Waals surface area contributed by atoms with Crippen molar-refractivity contribution in [3.8, 4) is 11.5 Å². The molecule has 0 saturated carbocycles.